The molecular weight excluding hydrogens is 340 g/mol. The molecule has 0 radical (unpaired) electrons. The van der Waals surface area contributed by atoms with Crippen LogP contribution < -0.4 is 0 Å². The second kappa shape index (κ2) is 7.15. The predicted molar refractivity (Wildman–Crippen MR) is 118 cm³/mol. The van der Waals surface area contributed by atoms with Gasteiger partial charge in [-0.05, 0) is 90.2 Å². The average Bonchev–Trinajstić information content (AvgIpc) is 2.99. The quantitative estimate of drug-likeness (QED) is 0.472. The Morgan fingerprint density at radius 1 is 1.07 bits per heavy atom. The van der Waals surface area contributed by atoms with Crippen molar-refractivity contribution in [3.05, 3.63) is 47.1 Å². The summed E-state index contributed by atoms with van der Waals surface area (Å²) in [6, 6.07) is 0. The number of hydrogen-bond donors (Lipinski definition) is 0. The fourth-order valence-electron chi connectivity index (χ4n) is 6.90. The van der Waals surface area contributed by atoms with Gasteiger partial charge in [0.05, 0.1) is 0 Å². The van der Waals surface area contributed by atoms with Crippen LogP contribution in [0.4, 0.5) is 0 Å². The van der Waals surface area contributed by atoms with Crippen LogP contribution >= 0.6 is 0 Å². The molecule has 1 nitrogen and oxygen atoms in total. The Morgan fingerprint density at radius 3 is 2.61 bits per heavy atom. The van der Waals surface area contributed by atoms with Crippen molar-refractivity contribution in [1.29, 1.82) is 0 Å². The summed E-state index contributed by atoms with van der Waals surface area (Å²) >= 11 is 0. The lowest BCUT2D eigenvalue weighted by molar-refractivity contribution is -0.116. The number of allylic oxidation sites excluding steroid dienone is 8. The highest BCUT2D eigenvalue weighted by molar-refractivity contribution is 5.92. The Labute approximate surface area is 172 Å². The van der Waals surface area contributed by atoms with E-state index in [4.69, 9.17) is 0 Å². The summed E-state index contributed by atoms with van der Waals surface area (Å²) in [4.78, 5) is 12.0. The van der Waals surface area contributed by atoms with Gasteiger partial charge in [-0.2, -0.15) is 0 Å². The van der Waals surface area contributed by atoms with Crippen LogP contribution in [0.5, 0.6) is 0 Å². The van der Waals surface area contributed by atoms with Gasteiger partial charge >= 0.3 is 0 Å². The molecule has 4 rings (SSSR count). The Hall–Kier alpha value is -1.37. The minimum Gasteiger partial charge on any atom is -0.295 e. The third kappa shape index (κ3) is 3.10. The van der Waals surface area contributed by atoms with E-state index < -0.39 is 0 Å². The largest absolute Gasteiger partial charge is 0.295 e. The van der Waals surface area contributed by atoms with Crippen LogP contribution in [-0.4, -0.2) is 5.78 Å². The third-order valence-corrected chi connectivity index (χ3v) is 8.65. The van der Waals surface area contributed by atoms with E-state index in [2.05, 4.69) is 58.9 Å². The van der Waals surface area contributed by atoms with Crippen LogP contribution in [-0.2, 0) is 4.79 Å². The van der Waals surface area contributed by atoms with Crippen LogP contribution in [0.3, 0.4) is 0 Å². The van der Waals surface area contributed by atoms with Crippen LogP contribution in [0.1, 0.15) is 79.6 Å². The van der Waals surface area contributed by atoms with Crippen molar-refractivity contribution >= 4 is 5.78 Å². The van der Waals surface area contributed by atoms with E-state index in [0.717, 1.165) is 24.7 Å². The predicted octanol–water partition coefficient (Wildman–Crippen LogP) is 7.21. The fourth-order valence-corrected chi connectivity index (χ4v) is 6.90. The number of carbonyl (C=O) groups excluding carboxylic acids is 1. The monoisotopic (exact) mass is 378 g/mol. The Morgan fingerprint density at radius 2 is 1.86 bits per heavy atom. The van der Waals surface area contributed by atoms with E-state index in [-0.39, 0.29) is 5.41 Å². The molecule has 0 bridgehead atoms. The molecule has 0 unspecified atom stereocenters. The van der Waals surface area contributed by atoms with E-state index >= 15 is 0 Å². The second-order valence-corrected chi connectivity index (χ2v) is 10.8. The summed E-state index contributed by atoms with van der Waals surface area (Å²) in [7, 11) is 0. The minimum absolute atomic E-state index is 0.174. The topological polar surface area (TPSA) is 17.1 Å². The molecule has 152 valence electrons. The first kappa shape index (κ1) is 19.9. The lowest BCUT2D eigenvalue weighted by Gasteiger charge is -2.51. The summed E-state index contributed by atoms with van der Waals surface area (Å²) in [5.74, 6) is 3.10. The zero-order chi connectivity index (χ0) is 20.1. The van der Waals surface area contributed by atoms with Gasteiger partial charge in [0.2, 0.25) is 0 Å². The highest BCUT2D eigenvalue weighted by atomic mass is 16.1. The van der Waals surface area contributed by atoms with E-state index in [1.165, 1.54) is 37.7 Å². The number of ketones is 1. The van der Waals surface area contributed by atoms with Gasteiger partial charge in [0.15, 0.2) is 5.78 Å². The van der Waals surface area contributed by atoms with Gasteiger partial charge in [-0.3, -0.25) is 4.79 Å². The maximum absolute atomic E-state index is 12.0. The first-order chi connectivity index (χ1) is 13.3. The van der Waals surface area contributed by atoms with Crippen LogP contribution in [0.2, 0.25) is 0 Å². The molecular formula is C27H38O. The van der Waals surface area contributed by atoms with Crippen LogP contribution in [0.15, 0.2) is 47.1 Å². The zero-order valence-corrected chi connectivity index (χ0v) is 18.6. The third-order valence-electron chi connectivity index (χ3n) is 8.65. The number of fused-ring (bicyclic) bond motifs is 4. The molecule has 0 amide bonds. The van der Waals surface area contributed by atoms with Crippen molar-refractivity contribution in [2.75, 3.05) is 0 Å². The smallest absolute Gasteiger partial charge is 0.156 e. The highest BCUT2D eigenvalue weighted by Gasteiger charge is 2.53. The molecule has 0 aromatic rings. The number of hydrogen-bond acceptors (Lipinski definition) is 1. The average molecular weight is 379 g/mol. The maximum Gasteiger partial charge on any atom is 0.156 e. The first-order valence-corrected chi connectivity index (χ1v) is 11.6. The maximum atomic E-state index is 12.0. The molecule has 0 spiro atoms. The van der Waals surface area contributed by atoms with E-state index in [0.29, 0.717) is 23.0 Å². The first-order valence-electron chi connectivity index (χ1n) is 11.6. The van der Waals surface area contributed by atoms with Gasteiger partial charge in [-0.1, -0.05) is 64.5 Å². The molecule has 0 aromatic heterocycles. The van der Waals surface area contributed by atoms with Gasteiger partial charge in [0, 0.05) is 6.42 Å². The van der Waals surface area contributed by atoms with Crippen molar-refractivity contribution in [2.45, 2.75) is 79.6 Å². The van der Waals surface area contributed by atoms with Crippen molar-refractivity contribution in [2.24, 2.45) is 34.5 Å². The van der Waals surface area contributed by atoms with Crippen LogP contribution in [0.25, 0.3) is 0 Å². The minimum atomic E-state index is 0.174. The summed E-state index contributed by atoms with van der Waals surface area (Å²) in [5.41, 5.74) is 5.23. The molecule has 4 aliphatic carbocycles. The Kier molecular flexibility index (Phi) is 5.09. The molecule has 28 heavy (non-hydrogen) atoms. The molecule has 0 N–H and O–H groups in total. The van der Waals surface area contributed by atoms with Crippen molar-refractivity contribution in [3.8, 4) is 0 Å². The number of rotatable bonds is 4. The van der Waals surface area contributed by atoms with E-state index in [1.807, 2.05) is 6.08 Å². The molecule has 1 fully saturated rings. The number of carbonyl (C=O) groups is 1. The standard InChI is InChI=1S/C27H38O/c1-18(2)7-6-8-19(3)23-11-12-24-22-10-9-20-17-21(28)13-15-26(20,4)25(22)14-16-27(23,24)5/h6,8-10,17-19,23,25H,7,11-16H2,1-5H3/t19-,23-,25+,26+,27-/m1/s1. The SMILES string of the molecule is CC(C)CC=C[C@@H](C)[C@H]1CCC2=C3C=CC4=CC(=O)CC[C@]4(C)[C@H]3CC[C@@]21C. The summed E-state index contributed by atoms with van der Waals surface area (Å²) in [6.45, 7) is 12.0. The zero-order valence-electron chi connectivity index (χ0n) is 18.6. The van der Waals surface area contributed by atoms with Gasteiger partial charge in [0.1, 0.15) is 0 Å². The molecule has 0 heterocycles. The molecule has 1 heteroatoms. The molecule has 5 atom stereocenters. The Bertz CT molecular complexity index is 776. The van der Waals surface area contributed by atoms with E-state index in [9.17, 15) is 4.79 Å². The van der Waals surface area contributed by atoms with Crippen molar-refractivity contribution in [3.63, 3.8) is 0 Å². The highest BCUT2D eigenvalue weighted by Crippen LogP contribution is 2.63. The lowest BCUT2D eigenvalue weighted by atomic mass is 9.53. The van der Waals surface area contributed by atoms with E-state index in [1.54, 1.807) is 11.1 Å². The van der Waals surface area contributed by atoms with Crippen LogP contribution in [0, 0.1) is 34.5 Å². The molecule has 1 saturated carbocycles. The van der Waals surface area contributed by atoms with Gasteiger partial charge in [-0.15, -0.1) is 0 Å². The molecule has 0 aromatic carbocycles. The normalized spacial score (nSPS) is 38.5. The van der Waals surface area contributed by atoms with Crippen molar-refractivity contribution in [1.82, 2.24) is 0 Å². The molecule has 0 saturated heterocycles. The van der Waals surface area contributed by atoms with Gasteiger partial charge in [-0.25, -0.2) is 0 Å². The summed E-state index contributed by atoms with van der Waals surface area (Å²) < 4.78 is 0. The lowest BCUT2D eigenvalue weighted by Crippen LogP contribution is -2.41. The summed E-state index contributed by atoms with van der Waals surface area (Å²) in [5, 5.41) is 0. The fraction of sp³-hybridized carbons (Fsp3) is 0.667. The molecule has 4 aliphatic rings. The summed E-state index contributed by atoms with van der Waals surface area (Å²) in [6.07, 6.45) is 19.7. The second-order valence-electron chi connectivity index (χ2n) is 10.8. The van der Waals surface area contributed by atoms with Crippen molar-refractivity contribution < 1.29 is 4.79 Å². The van der Waals surface area contributed by atoms with Gasteiger partial charge in [0.25, 0.3) is 0 Å². The van der Waals surface area contributed by atoms with Gasteiger partial charge < -0.3 is 0 Å². The molecule has 0 aliphatic heterocycles. The Balaban J connectivity index is 1.65.